The number of carbonyl (C=O) groups excluding carboxylic acids is 1. The number of benzene rings is 1. The molecule has 12 heteroatoms. The Bertz CT molecular complexity index is 950. The molecule has 1 fully saturated rings. The highest BCUT2D eigenvalue weighted by atomic mass is 32.1. The third-order valence-corrected chi connectivity index (χ3v) is 5.36. The second-order valence-electron chi connectivity index (χ2n) is 6.81. The van der Waals surface area contributed by atoms with Crippen LogP contribution in [0.2, 0.25) is 0 Å². The highest BCUT2D eigenvalue weighted by molar-refractivity contribution is 7.11. The molecule has 1 aromatic carbocycles. The number of carboxylic acids is 1. The summed E-state index contributed by atoms with van der Waals surface area (Å²) in [4.78, 5) is 25.9. The minimum Gasteiger partial charge on any atom is -0.477 e. The van der Waals surface area contributed by atoms with Gasteiger partial charge in [-0.15, -0.1) is 0 Å². The fourth-order valence-corrected chi connectivity index (χ4v) is 3.61. The van der Waals surface area contributed by atoms with Gasteiger partial charge in [-0.05, 0) is 36.2 Å². The molecule has 2 heterocycles. The van der Waals surface area contributed by atoms with E-state index in [1.54, 1.807) is 0 Å². The Hall–Kier alpha value is -2.83. The molecule has 0 aliphatic carbocycles. The number of carboxylic acid groups (broad SMARTS) is 1. The van der Waals surface area contributed by atoms with Crippen molar-refractivity contribution in [3.05, 3.63) is 40.5 Å². The van der Waals surface area contributed by atoms with Crippen LogP contribution in [0.25, 0.3) is 0 Å². The number of hydrogen-bond acceptors (Lipinski definition) is 7. The van der Waals surface area contributed by atoms with Gasteiger partial charge in [0.2, 0.25) is 5.88 Å². The molecule has 3 rings (SSSR count). The van der Waals surface area contributed by atoms with Gasteiger partial charge in [0.1, 0.15) is 23.2 Å². The minimum absolute atomic E-state index is 0.0260. The predicted octanol–water partition coefficient (Wildman–Crippen LogP) is 2.46. The van der Waals surface area contributed by atoms with Crippen LogP contribution in [-0.2, 0) is 11.3 Å². The normalized spacial score (nSPS) is 14.3. The van der Waals surface area contributed by atoms with Crippen LogP contribution < -0.4 is 15.4 Å². The fraction of sp³-hybridized carbons (Fsp3) is 0.421. The molecule has 31 heavy (non-hydrogen) atoms. The predicted molar refractivity (Wildman–Crippen MR) is 109 cm³/mol. The summed E-state index contributed by atoms with van der Waals surface area (Å²) >= 11 is 0.717. The summed E-state index contributed by atoms with van der Waals surface area (Å²) in [6, 6.07) is 1.43. The molecular formula is C19H22F2N4O5S. The second-order valence-corrected chi connectivity index (χ2v) is 7.59. The molecule has 0 atom stereocenters. The SMILES string of the molecule is Cc1cc(F)c(COc2nsc(NC(=O)NCCN3CCOCC3)c2C(=O)O)cc1F. The molecule has 0 spiro atoms. The van der Waals surface area contributed by atoms with Crippen LogP contribution in [0.15, 0.2) is 12.1 Å². The smallest absolute Gasteiger partial charge is 0.344 e. The Morgan fingerprint density at radius 2 is 2.03 bits per heavy atom. The van der Waals surface area contributed by atoms with Gasteiger partial charge in [0.05, 0.1) is 13.2 Å². The van der Waals surface area contributed by atoms with E-state index in [4.69, 9.17) is 9.47 Å². The highest BCUT2D eigenvalue weighted by Crippen LogP contribution is 2.31. The van der Waals surface area contributed by atoms with Crippen LogP contribution in [0, 0.1) is 18.6 Å². The molecular weight excluding hydrogens is 434 g/mol. The van der Waals surface area contributed by atoms with Crippen molar-refractivity contribution >= 4 is 28.5 Å². The summed E-state index contributed by atoms with van der Waals surface area (Å²) in [6.07, 6.45) is 0. The van der Waals surface area contributed by atoms with Gasteiger partial charge in [-0.2, -0.15) is 4.37 Å². The molecule has 2 amide bonds. The zero-order valence-electron chi connectivity index (χ0n) is 16.7. The van der Waals surface area contributed by atoms with Crippen molar-refractivity contribution in [3.8, 4) is 5.88 Å². The Labute approximate surface area is 181 Å². The molecule has 0 bridgehead atoms. The van der Waals surface area contributed by atoms with Gasteiger partial charge in [0, 0.05) is 31.7 Å². The lowest BCUT2D eigenvalue weighted by Gasteiger charge is -2.26. The van der Waals surface area contributed by atoms with Crippen LogP contribution in [0.3, 0.4) is 0 Å². The van der Waals surface area contributed by atoms with Crippen molar-refractivity contribution < 1.29 is 33.0 Å². The molecule has 0 radical (unpaired) electrons. The van der Waals surface area contributed by atoms with Gasteiger partial charge >= 0.3 is 12.0 Å². The number of anilines is 1. The molecule has 1 saturated heterocycles. The van der Waals surface area contributed by atoms with Crippen molar-refractivity contribution in [3.63, 3.8) is 0 Å². The topological polar surface area (TPSA) is 113 Å². The lowest BCUT2D eigenvalue weighted by Crippen LogP contribution is -2.42. The van der Waals surface area contributed by atoms with E-state index in [0.717, 1.165) is 25.2 Å². The summed E-state index contributed by atoms with van der Waals surface area (Å²) < 4.78 is 42.1. The first-order valence-electron chi connectivity index (χ1n) is 9.50. The van der Waals surface area contributed by atoms with Gasteiger partial charge in [-0.3, -0.25) is 10.2 Å². The second kappa shape index (κ2) is 10.5. The average molecular weight is 456 g/mol. The van der Waals surface area contributed by atoms with Crippen LogP contribution in [0.5, 0.6) is 5.88 Å². The molecule has 1 aliphatic rings. The number of amides is 2. The van der Waals surface area contributed by atoms with Crippen molar-refractivity contribution in [2.24, 2.45) is 0 Å². The van der Waals surface area contributed by atoms with E-state index < -0.39 is 30.2 Å². The number of rotatable bonds is 8. The maximum atomic E-state index is 14.0. The Morgan fingerprint density at radius 1 is 1.29 bits per heavy atom. The lowest BCUT2D eigenvalue weighted by molar-refractivity contribution is 0.0388. The Kier molecular flexibility index (Phi) is 7.71. The van der Waals surface area contributed by atoms with Crippen LogP contribution in [0.1, 0.15) is 21.5 Å². The standard InChI is InChI=1S/C19H22F2N4O5S/c1-11-8-14(21)12(9-13(11)20)10-30-16-15(18(26)27)17(31-24-16)23-19(28)22-2-3-25-4-6-29-7-5-25/h8-9H,2-7,10H2,1H3,(H,26,27)(H2,22,23,28). The molecule has 1 aromatic heterocycles. The minimum atomic E-state index is -1.37. The fourth-order valence-electron chi connectivity index (χ4n) is 2.89. The molecule has 1 aliphatic heterocycles. The van der Waals surface area contributed by atoms with Crippen molar-refractivity contribution in [1.29, 1.82) is 0 Å². The number of carbonyl (C=O) groups is 2. The molecule has 0 unspecified atom stereocenters. The van der Waals surface area contributed by atoms with Gasteiger partial charge < -0.3 is 19.9 Å². The summed E-state index contributed by atoms with van der Waals surface area (Å²) in [5.41, 5.74) is -0.295. The van der Waals surface area contributed by atoms with Gasteiger partial charge in [0.25, 0.3) is 0 Å². The van der Waals surface area contributed by atoms with Crippen LogP contribution in [-0.4, -0.2) is 65.8 Å². The van der Waals surface area contributed by atoms with Gasteiger partial charge in [-0.1, -0.05) is 0 Å². The van der Waals surface area contributed by atoms with E-state index in [-0.39, 0.29) is 27.6 Å². The number of halogens is 2. The maximum absolute atomic E-state index is 14.0. The summed E-state index contributed by atoms with van der Waals surface area (Å²) in [5.74, 6) is -2.94. The summed E-state index contributed by atoms with van der Waals surface area (Å²) in [6.45, 7) is 4.88. The quantitative estimate of drug-likeness (QED) is 0.559. The zero-order chi connectivity index (χ0) is 22.4. The van der Waals surface area contributed by atoms with Crippen molar-refractivity contribution in [2.75, 3.05) is 44.7 Å². The molecule has 9 nitrogen and oxygen atoms in total. The number of aromatic nitrogens is 1. The average Bonchev–Trinajstić information content (AvgIpc) is 3.13. The summed E-state index contributed by atoms with van der Waals surface area (Å²) in [7, 11) is 0. The van der Waals surface area contributed by atoms with Crippen LogP contribution in [0.4, 0.5) is 18.6 Å². The third-order valence-electron chi connectivity index (χ3n) is 4.61. The number of aryl methyl sites for hydroxylation is 1. The number of nitrogens with zero attached hydrogens (tertiary/aromatic N) is 2. The van der Waals surface area contributed by atoms with E-state index in [1.165, 1.54) is 6.92 Å². The highest BCUT2D eigenvalue weighted by Gasteiger charge is 2.24. The van der Waals surface area contributed by atoms with E-state index in [1.807, 2.05) is 0 Å². The van der Waals surface area contributed by atoms with Gasteiger partial charge in [0.15, 0.2) is 5.56 Å². The van der Waals surface area contributed by atoms with E-state index in [0.29, 0.717) is 37.8 Å². The van der Waals surface area contributed by atoms with Crippen molar-refractivity contribution in [2.45, 2.75) is 13.5 Å². The first-order chi connectivity index (χ1) is 14.8. The van der Waals surface area contributed by atoms with E-state index in [2.05, 4.69) is 19.9 Å². The first-order valence-corrected chi connectivity index (χ1v) is 10.3. The zero-order valence-corrected chi connectivity index (χ0v) is 17.6. The maximum Gasteiger partial charge on any atom is 0.344 e. The molecule has 3 N–H and O–H groups in total. The number of urea groups is 1. The number of ether oxygens (including phenoxy) is 2. The Morgan fingerprint density at radius 3 is 2.74 bits per heavy atom. The number of aromatic carboxylic acids is 1. The monoisotopic (exact) mass is 456 g/mol. The molecule has 2 aromatic rings. The largest absolute Gasteiger partial charge is 0.477 e. The summed E-state index contributed by atoms with van der Waals surface area (Å²) in [5, 5.41) is 14.6. The lowest BCUT2D eigenvalue weighted by atomic mass is 10.1. The van der Waals surface area contributed by atoms with E-state index in [9.17, 15) is 23.5 Å². The third kappa shape index (κ3) is 6.09. The van der Waals surface area contributed by atoms with E-state index >= 15 is 0 Å². The van der Waals surface area contributed by atoms with Crippen molar-refractivity contribution in [1.82, 2.24) is 14.6 Å². The first kappa shape index (κ1) is 22.8. The Balaban J connectivity index is 1.58. The molecule has 0 saturated carbocycles. The molecule has 168 valence electrons. The van der Waals surface area contributed by atoms with Gasteiger partial charge in [-0.25, -0.2) is 18.4 Å². The van der Waals surface area contributed by atoms with Crippen LogP contribution >= 0.6 is 11.5 Å². The number of morpholine rings is 1. The number of nitrogens with one attached hydrogen (secondary N) is 2. The number of hydrogen-bond donors (Lipinski definition) is 3.